The fourth-order valence-corrected chi connectivity index (χ4v) is 14.4. The molecule has 3 aromatic rings. The van der Waals surface area contributed by atoms with Gasteiger partial charge < -0.3 is 8.85 Å². The molecule has 0 saturated heterocycles. The van der Waals surface area contributed by atoms with Crippen LogP contribution >= 0.6 is 0 Å². The summed E-state index contributed by atoms with van der Waals surface area (Å²) < 4.78 is 43.1. The van der Waals surface area contributed by atoms with Gasteiger partial charge in [0, 0.05) is 12.5 Å². The van der Waals surface area contributed by atoms with E-state index >= 15 is 0 Å². The number of allylic oxidation sites excluding steroid dienone is 3. The van der Waals surface area contributed by atoms with Gasteiger partial charge in [0.25, 0.3) is 8.32 Å². The van der Waals surface area contributed by atoms with Crippen LogP contribution < -0.4 is 10.4 Å². The Morgan fingerprint density at radius 3 is 1.65 bits per heavy atom. The number of rotatable bonds is 17. The van der Waals surface area contributed by atoms with E-state index in [2.05, 4.69) is 143 Å². The van der Waals surface area contributed by atoms with Gasteiger partial charge in [-0.1, -0.05) is 158 Å². The van der Waals surface area contributed by atoms with Crippen LogP contribution in [0.4, 0.5) is 0 Å². The van der Waals surface area contributed by atoms with Crippen LogP contribution in [-0.4, -0.2) is 43.5 Å². The molecule has 0 radical (unpaired) electrons. The molecule has 0 spiro atoms. The molecule has 4 nitrogen and oxygen atoms in total. The number of sulfone groups is 1. The molecule has 0 fully saturated rings. The summed E-state index contributed by atoms with van der Waals surface area (Å²) in [5.41, 5.74) is 2.39. The largest absolute Gasteiger partial charge is 0.413 e. The van der Waals surface area contributed by atoms with E-state index in [1.807, 2.05) is 30.3 Å². The highest BCUT2D eigenvalue weighted by Crippen LogP contribution is 2.39. The third-order valence-electron chi connectivity index (χ3n) is 11.0. The maximum absolute atomic E-state index is 14.6. The van der Waals surface area contributed by atoms with Gasteiger partial charge in [-0.15, -0.1) is 0 Å². The Morgan fingerprint density at radius 1 is 0.706 bits per heavy atom. The molecule has 2 atom stereocenters. The molecule has 51 heavy (non-hydrogen) atoms. The highest BCUT2D eigenvalue weighted by Gasteiger charge is 2.51. The average molecular weight is 747 g/mol. The maximum Gasteiger partial charge on any atom is 0.261 e. The monoisotopic (exact) mass is 746 g/mol. The second-order valence-corrected chi connectivity index (χ2v) is 28.5. The first-order valence-electron chi connectivity index (χ1n) is 18.7. The lowest BCUT2D eigenvalue weighted by molar-refractivity contribution is 0.191. The molecule has 0 heterocycles. The molecule has 0 amide bonds. The minimum Gasteiger partial charge on any atom is -0.413 e. The van der Waals surface area contributed by atoms with Crippen LogP contribution in [0.3, 0.4) is 0 Å². The van der Waals surface area contributed by atoms with Crippen molar-refractivity contribution in [1.29, 1.82) is 0 Å². The zero-order valence-corrected chi connectivity index (χ0v) is 36.4. The average Bonchev–Trinajstić information content (AvgIpc) is 3.06. The summed E-state index contributed by atoms with van der Waals surface area (Å²) in [4.78, 5) is 0.374. The highest BCUT2D eigenvalue weighted by atomic mass is 32.2. The lowest BCUT2D eigenvalue weighted by Gasteiger charge is -2.44. The van der Waals surface area contributed by atoms with E-state index in [1.165, 1.54) is 15.9 Å². The van der Waals surface area contributed by atoms with Gasteiger partial charge in [-0.05, 0) is 84.7 Å². The molecular weight excluding hydrogens is 681 g/mol. The topological polar surface area (TPSA) is 52.6 Å². The first kappa shape index (κ1) is 42.9. The van der Waals surface area contributed by atoms with Gasteiger partial charge in [-0.3, -0.25) is 0 Å². The summed E-state index contributed by atoms with van der Waals surface area (Å²) in [5, 5.41) is 1.74. The van der Waals surface area contributed by atoms with Gasteiger partial charge in [-0.2, -0.15) is 0 Å². The first-order valence-corrected chi connectivity index (χ1v) is 25.1. The molecule has 0 aliphatic heterocycles. The summed E-state index contributed by atoms with van der Waals surface area (Å²) in [6.45, 7) is 27.7. The Bertz CT molecular complexity index is 1630. The molecule has 7 heteroatoms. The Hall–Kier alpha value is -2.56. The van der Waals surface area contributed by atoms with E-state index in [1.54, 1.807) is 12.1 Å². The predicted octanol–water partition coefficient (Wildman–Crippen LogP) is 10.8. The van der Waals surface area contributed by atoms with Gasteiger partial charge in [0.2, 0.25) is 0 Å². The minimum absolute atomic E-state index is 0.0746. The molecule has 0 aliphatic rings. The predicted molar refractivity (Wildman–Crippen MR) is 224 cm³/mol. The van der Waals surface area contributed by atoms with Crippen molar-refractivity contribution in [3.63, 3.8) is 0 Å². The fourth-order valence-electron chi connectivity index (χ4n) is 6.65. The molecule has 2 unspecified atom stereocenters. The summed E-state index contributed by atoms with van der Waals surface area (Å²) in [7, 11) is -8.35. The second kappa shape index (κ2) is 18.0. The van der Waals surface area contributed by atoms with Crippen LogP contribution in [0.2, 0.25) is 23.2 Å². The van der Waals surface area contributed by atoms with Crippen LogP contribution in [0.1, 0.15) is 88.5 Å². The van der Waals surface area contributed by atoms with Gasteiger partial charge >= 0.3 is 0 Å². The summed E-state index contributed by atoms with van der Waals surface area (Å²) in [6, 6.07) is 30.2. The lowest BCUT2D eigenvalue weighted by atomic mass is 9.89. The van der Waals surface area contributed by atoms with Crippen LogP contribution in [0.5, 0.6) is 0 Å². The molecule has 0 saturated carbocycles. The van der Waals surface area contributed by atoms with Crippen LogP contribution in [0, 0.1) is 11.8 Å². The molecule has 3 rings (SSSR count). The van der Waals surface area contributed by atoms with Crippen LogP contribution in [-0.2, 0) is 18.7 Å². The molecule has 0 N–H and O–H groups in total. The van der Waals surface area contributed by atoms with Crippen molar-refractivity contribution >= 4 is 36.8 Å². The molecule has 3 aromatic carbocycles. The first-order chi connectivity index (χ1) is 23.7. The summed E-state index contributed by atoms with van der Waals surface area (Å²) >= 11 is 0. The van der Waals surface area contributed by atoms with Crippen LogP contribution in [0.15, 0.2) is 119 Å². The molecule has 280 valence electrons. The summed E-state index contributed by atoms with van der Waals surface area (Å²) in [6.07, 6.45) is 6.68. The molecule has 0 aromatic heterocycles. The quantitative estimate of drug-likeness (QED) is 0.102. The number of hydrogen-bond donors (Lipinski definition) is 0. The Kier molecular flexibility index (Phi) is 15.1. The van der Waals surface area contributed by atoms with E-state index in [-0.39, 0.29) is 21.9 Å². The number of benzene rings is 3. The van der Waals surface area contributed by atoms with E-state index in [0.29, 0.717) is 24.5 Å². The standard InChI is InChI=1S/C44H66O4SSi2/c1-35(2)41(34-48-51(44(8,9)10,39-27-18-14-19-28-39)40-29-20-15-21-30-40)42(49(45,46)38-25-16-13-17-26-38)33-37(4)24-22-23-36(3)31-32-47-50(11,12)43(5,6)7/h13-21,24-31,35,41-42H,22-23,32-34H2,1-12H3/b36-31+,37-24+. The fraction of sp³-hybridized carbons (Fsp3) is 0.500. The third-order valence-corrected chi connectivity index (χ3v) is 22.7. The third kappa shape index (κ3) is 11.0. The highest BCUT2D eigenvalue weighted by molar-refractivity contribution is 7.92. The van der Waals surface area contributed by atoms with Gasteiger partial charge in [-0.25, -0.2) is 8.42 Å². The molecule has 0 bridgehead atoms. The summed E-state index contributed by atoms with van der Waals surface area (Å²) in [5.74, 6) is -0.153. The normalized spacial score (nSPS) is 15.2. The van der Waals surface area contributed by atoms with Crippen molar-refractivity contribution in [2.24, 2.45) is 11.8 Å². The molecule has 0 aliphatic carbocycles. The van der Waals surface area contributed by atoms with E-state index < -0.39 is 31.7 Å². The SMILES string of the molecule is C/C(=C\CO[Si](C)(C)C(C)(C)C)CC/C=C(\C)CC(C(CO[Si](c1ccccc1)(c1ccccc1)C(C)(C)C)C(C)C)S(=O)(=O)c1ccccc1. The second-order valence-electron chi connectivity index (χ2n) is 17.2. The van der Waals surface area contributed by atoms with Gasteiger partial charge in [0.15, 0.2) is 18.2 Å². The van der Waals surface area contributed by atoms with Crippen molar-refractivity contribution in [2.45, 2.75) is 122 Å². The van der Waals surface area contributed by atoms with Crippen molar-refractivity contribution in [2.75, 3.05) is 13.2 Å². The van der Waals surface area contributed by atoms with Crippen molar-refractivity contribution in [3.05, 3.63) is 114 Å². The van der Waals surface area contributed by atoms with E-state index in [9.17, 15) is 8.42 Å². The zero-order valence-electron chi connectivity index (χ0n) is 33.6. The zero-order chi connectivity index (χ0) is 38.1. The van der Waals surface area contributed by atoms with Crippen molar-refractivity contribution in [1.82, 2.24) is 0 Å². The maximum atomic E-state index is 14.6. The Morgan fingerprint density at radius 2 is 1.20 bits per heavy atom. The van der Waals surface area contributed by atoms with Gasteiger partial charge in [0.1, 0.15) is 0 Å². The van der Waals surface area contributed by atoms with E-state index in [0.717, 1.165) is 18.4 Å². The molecular formula is C44H66O4SSi2. The van der Waals surface area contributed by atoms with Gasteiger partial charge in [0.05, 0.1) is 16.8 Å². The Balaban J connectivity index is 1.96. The minimum atomic E-state index is -3.68. The number of hydrogen-bond acceptors (Lipinski definition) is 4. The van der Waals surface area contributed by atoms with E-state index in [4.69, 9.17) is 8.85 Å². The van der Waals surface area contributed by atoms with Crippen molar-refractivity contribution in [3.8, 4) is 0 Å². The smallest absolute Gasteiger partial charge is 0.261 e. The Labute approximate surface area is 314 Å². The van der Waals surface area contributed by atoms with Crippen molar-refractivity contribution < 1.29 is 17.3 Å². The lowest BCUT2D eigenvalue weighted by Crippen LogP contribution is -2.67. The van der Waals surface area contributed by atoms with Crippen LogP contribution in [0.25, 0.3) is 0 Å².